The Morgan fingerprint density at radius 1 is 1.04 bits per heavy atom. The molecule has 1 heterocycles. The summed E-state index contributed by atoms with van der Waals surface area (Å²) in [6.07, 6.45) is 1.70. The van der Waals surface area contributed by atoms with E-state index in [1.165, 1.54) is 5.56 Å². The van der Waals surface area contributed by atoms with Gasteiger partial charge in [0.1, 0.15) is 0 Å². The first kappa shape index (κ1) is 15.2. The number of nitrogens with one attached hydrogen (secondary N) is 1. The van der Waals surface area contributed by atoms with Crippen molar-refractivity contribution in [3.63, 3.8) is 0 Å². The molecule has 0 atom stereocenters. The lowest BCUT2D eigenvalue weighted by molar-refractivity contribution is 0.0950. The minimum Gasteiger partial charge on any atom is -0.346 e. The lowest BCUT2D eigenvalue weighted by Gasteiger charge is -2.08. The third kappa shape index (κ3) is 3.54. The number of hydrogen-bond donors (Lipinski definition) is 1. The van der Waals surface area contributed by atoms with Crippen LogP contribution >= 0.6 is 0 Å². The average Bonchev–Trinajstić information content (AvgIpc) is 2.59. The maximum atomic E-state index is 12.2. The number of nitrogens with zero attached hydrogens (tertiary/aromatic N) is 2. The first-order valence-corrected chi connectivity index (χ1v) is 7.72. The zero-order valence-electron chi connectivity index (χ0n) is 13.3. The lowest BCUT2D eigenvalue weighted by atomic mass is 10.0. The molecular weight excluding hydrogens is 286 g/mol. The number of benzene rings is 2. The van der Waals surface area contributed by atoms with Gasteiger partial charge in [0.2, 0.25) is 0 Å². The molecule has 0 fully saturated rings. The number of amides is 1. The van der Waals surface area contributed by atoms with E-state index in [1.54, 1.807) is 6.20 Å². The van der Waals surface area contributed by atoms with Gasteiger partial charge in [-0.2, -0.15) is 0 Å². The molecule has 0 aliphatic heterocycles. The van der Waals surface area contributed by atoms with Crippen molar-refractivity contribution < 1.29 is 4.79 Å². The highest BCUT2D eigenvalue weighted by atomic mass is 16.1. The van der Waals surface area contributed by atoms with E-state index in [0.717, 1.165) is 16.7 Å². The molecule has 0 aliphatic rings. The van der Waals surface area contributed by atoms with Gasteiger partial charge in [0.15, 0.2) is 0 Å². The molecule has 23 heavy (non-hydrogen) atoms. The second-order valence-electron chi connectivity index (χ2n) is 5.81. The summed E-state index contributed by atoms with van der Waals surface area (Å²) in [4.78, 5) is 21.1. The van der Waals surface area contributed by atoms with E-state index in [2.05, 4.69) is 29.1 Å². The molecule has 0 spiro atoms. The maximum Gasteiger partial charge on any atom is 0.251 e. The summed E-state index contributed by atoms with van der Waals surface area (Å²) in [7, 11) is 0. The van der Waals surface area contributed by atoms with E-state index >= 15 is 0 Å². The summed E-state index contributed by atoms with van der Waals surface area (Å²) in [6.45, 7) is 4.63. The van der Waals surface area contributed by atoms with Gasteiger partial charge in [-0.05, 0) is 35.7 Å². The van der Waals surface area contributed by atoms with Crippen LogP contribution in [0.1, 0.15) is 41.4 Å². The lowest BCUT2D eigenvalue weighted by Crippen LogP contribution is -2.23. The summed E-state index contributed by atoms with van der Waals surface area (Å²) in [5.74, 6) is 0.357. The minimum atomic E-state index is -0.102. The molecule has 0 saturated heterocycles. The highest BCUT2D eigenvalue weighted by Gasteiger charge is 2.07. The number of hydrogen-bond acceptors (Lipinski definition) is 3. The predicted molar refractivity (Wildman–Crippen MR) is 91.2 cm³/mol. The number of para-hydroxylation sites is 2. The summed E-state index contributed by atoms with van der Waals surface area (Å²) in [6, 6.07) is 15.4. The summed E-state index contributed by atoms with van der Waals surface area (Å²) >= 11 is 0. The fraction of sp³-hybridized carbons (Fsp3) is 0.211. The smallest absolute Gasteiger partial charge is 0.251 e. The highest BCUT2D eigenvalue weighted by Crippen LogP contribution is 2.14. The van der Waals surface area contributed by atoms with E-state index in [9.17, 15) is 4.79 Å². The molecule has 0 saturated carbocycles. The predicted octanol–water partition coefficient (Wildman–Crippen LogP) is 3.68. The van der Waals surface area contributed by atoms with E-state index in [1.807, 2.05) is 48.5 Å². The van der Waals surface area contributed by atoms with Crippen molar-refractivity contribution in [2.24, 2.45) is 0 Å². The van der Waals surface area contributed by atoms with Crippen LogP contribution in [0, 0.1) is 0 Å². The zero-order chi connectivity index (χ0) is 16.2. The zero-order valence-corrected chi connectivity index (χ0v) is 13.3. The monoisotopic (exact) mass is 305 g/mol. The molecule has 1 N–H and O–H groups in total. The van der Waals surface area contributed by atoms with Gasteiger partial charge < -0.3 is 5.32 Å². The van der Waals surface area contributed by atoms with Crippen LogP contribution in [0.5, 0.6) is 0 Å². The Labute approximate surface area is 135 Å². The van der Waals surface area contributed by atoms with Gasteiger partial charge in [-0.15, -0.1) is 0 Å². The van der Waals surface area contributed by atoms with Gasteiger partial charge in [-0.25, -0.2) is 4.98 Å². The molecule has 1 amide bonds. The van der Waals surface area contributed by atoms with Crippen molar-refractivity contribution >= 4 is 16.9 Å². The molecule has 0 bridgehead atoms. The van der Waals surface area contributed by atoms with Gasteiger partial charge in [0.05, 0.1) is 29.5 Å². The van der Waals surface area contributed by atoms with E-state index in [4.69, 9.17) is 0 Å². The third-order valence-electron chi connectivity index (χ3n) is 3.77. The van der Waals surface area contributed by atoms with Crippen LogP contribution in [0.4, 0.5) is 0 Å². The topological polar surface area (TPSA) is 54.9 Å². The molecule has 0 radical (unpaired) electrons. The van der Waals surface area contributed by atoms with Gasteiger partial charge >= 0.3 is 0 Å². The Kier molecular flexibility index (Phi) is 4.33. The molecular formula is C19H19N3O. The van der Waals surface area contributed by atoms with Gasteiger partial charge in [-0.3, -0.25) is 9.78 Å². The largest absolute Gasteiger partial charge is 0.346 e. The SMILES string of the molecule is CC(C)c1ccc(C(=O)NCc2cnc3ccccc3n2)cc1. The highest BCUT2D eigenvalue weighted by molar-refractivity contribution is 5.94. The first-order valence-electron chi connectivity index (χ1n) is 7.72. The van der Waals surface area contributed by atoms with E-state index in [-0.39, 0.29) is 5.91 Å². The number of fused-ring (bicyclic) bond motifs is 1. The fourth-order valence-electron chi connectivity index (χ4n) is 2.37. The Hall–Kier alpha value is -2.75. The Balaban J connectivity index is 1.67. The molecule has 1 aromatic heterocycles. The fourth-order valence-corrected chi connectivity index (χ4v) is 2.37. The van der Waals surface area contributed by atoms with E-state index in [0.29, 0.717) is 18.0 Å². The number of carbonyl (C=O) groups is 1. The maximum absolute atomic E-state index is 12.2. The average molecular weight is 305 g/mol. The third-order valence-corrected chi connectivity index (χ3v) is 3.77. The quantitative estimate of drug-likeness (QED) is 0.800. The number of rotatable bonds is 4. The van der Waals surface area contributed by atoms with Crippen LogP contribution in [0.3, 0.4) is 0 Å². The second-order valence-corrected chi connectivity index (χ2v) is 5.81. The first-order chi connectivity index (χ1) is 11.1. The van der Waals surface area contributed by atoms with Crippen molar-refractivity contribution in [3.8, 4) is 0 Å². The molecule has 3 rings (SSSR count). The Bertz CT molecular complexity index is 825. The minimum absolute atomic E-state index is 0.102. The summed E-state index contributed by atoms with van der Waals surface area (Å²) in [5, 5.41) is 2.89. The Morgan fingerprint density at radius 2 is 1.74 bits per heavy atom. The normalized spacial score (nSPS) is 10.9. The van der Waals surface area contributed by atoms with Crippen LogP contribution in [-0.2, 0) is 6.54 Å². The number of carbonyl (C=O) groups excluding carboxylic acids is 1. The van der Waals surface area contributed by atoms with E-state index < -0.39 is 0 Å². The van der Waals surface area contributed by atoms with Crippen LogP contribution in [0.25, 0.3) is 11.0 Å². The molecule has 2 aromatic carbocycles. The van der Waals surface area contributed by atoms with Gasteiger partial charge in [-0.1, -0.05) is 38.1 Å². The van der Waals surface area contributed by atoms with Gasteiger partial charge in [0, 0.05) is 5.56 Å². The standard InChI is InChI=1S/C19H19N3O/c1-13(2)14-7-9-15(10-8-14)19(23)21-12-16-11-20-17-5-3-4-6-18(17)22-16/h3-11,13H,12H2,1-2H3,(H,21,23). The second kappa shape index (κ2) is 6.57. The molecule has 4 nitrogen and oxygen atoms in total. The van der Waals surface area contributed by atoms with Gasteiger partial charge in [0.25, 0.3) is 5.91 Å². The van der Waals surface area contributed by atoms with Crippen LogP contribution in [0.2, 0.25) is 0 Å². The van der Waals surface area contributed by atoms with Crippen LogP contribution < -0.4 is 5.32 Å². The van der Waals surface area contributed by atoms with Crippen molar-refractivity contribution in [3.05, 3.63) is 71.5 Å². The molecule has 116 valence electrons. The van der Waals surface area contributed by atoms with Crippen molar-refractivity contribution in [1.82, 2.24) is 15.3 Å². The molecule has 3 aromatic rings. The summed E-state index contributed by atoms with van der Waals surface area (Å²) in [5.41, 5.74) is 4.31. The van der Waals surface area contributed by atoms with Crippen molar-refractivity contribution in [2.45, 2.75) is 26.3 Å². The molecule has 0 unspecified atom stereocenters. The van der Waals surface area contributed by atoms with Crippen molar-refractivity contribution in [1.29, 1.82) is 0 Å². The number of aromatic nitrogens is 2. The molecule has 4 heteroatoms. The van der Waals surface area contributed by atoms with Crippen LogP contribution in [-0.4, -0.2) is 15.9 Å². The molecule has 0 aliphatic carbocycles. The van der Waals surface area contributed by atoms with Crippen LogP contribution in [0.15, 0.2) is 54.7 Å². The van der Waals surface area contributed by atoms with Crippen molar-refractivity contribution in [2.75, 3.05) is 0 Å². The Morgan fingerprint density at radius 3 is 2.43 bits per heavy atom. The summed E-state index contributed by atoms with van der Waals surface area (Å²) < 4.78 is 0.